The average Bonchev–Trinajstić information content (AvgIpc) is 3.19. The number of fused-ring (bicyclic) bond motifs is 3. The van der Waals surface area contributed by atoms with Crippen molar-refractivity contribution in [2.24, 2.45) is 0 Å². The fraction of sp³-hybridized carbons (Fsp3) is 0.389. The number of aryl methyl sites for hydroxylation is 2. The summed E-state index contributed by atoms with van der Waals surface area (Å²) in [6.07, 6.45) is 2.79. The summed E-state index contributed by atoms with van der Waals surface area (Å²) in [5.41, 5.74) is 3.17. The Labute approximate surface area is 144 Å². The standard InChI is InChI=1S/C18H19NO2S2/c20-17(19-10-18(21)7-8-22-11-18)15-9-13-6-5-12-3-1-2-4-14(12)16(13)23-15/h1-4,9,21H,5-8,10-11H2,(H,19,20). The van der Waals surface area contributed by atoms with Crippen LogP contribution in [-0.4, -0.2) is 34.7 Å². The predicted molar refractivity (Wildman–Crippen MR) is 96.4 cm³/mol. The van der Waals surface area contributed by atoms with Crippen molar-refractivity contribution in [2.45, 2.75) is 24.9 Å². The van der Waals surface area contributed by atoms with Crippen molar-refractivity contribution < 1.29 is 9.90 Å². The van der Waals surface area contributed by atoms with E-state index in [-0.39, 0.29) is 5.91 Å². The van der Waals surface area contributed by atoms with Gasteiger partial charge in [0.15, 0.2) is 0 Å². The lowest BCUT2D eigenvalue weighted by Crippen LogP contribution is -2.42. The number of hydrogen-bond acceptors (Lipinski definition) is 4. The highest BCUT2D eigenvalue weighted by Gasteiger charge is 2.32. The van der Waals surface area contributed by atoms with Crippen LogP contribution in [0.4, 0.5) is 0 Å². The van der Waals surface area contributed by atoms with Crippen molar-refractivity contribution >= 4 is 29.0 Å². The van der Waals surface area contributed by atoms with E-state index in [1.165, 1.54) is 21.6 Å². The van der Waals surface area contributed by atoms with Gasteiger partial charge in [-0.1, -0.05) is 24.3 Å². The van der Waals surface area contributed by atoms with E-state index in [4.69, 9.17) is 0 Å². The summed E-state index contributed by atoms with van der Waals surface area (Å²) in [6, 6.07) is 10.5. The van der Waals surface area contributed by atoms with E-state index in [0.29, 0.717) is 12.3 Å². The molecule has 1 aliphatic carbocycles. The summed E-state index contributed by atoms with van der Waals surface area (Å²) in [5, 5.41) is 13.3. The van der Waals surface area contributed by atoms with E-state index < -0.39 is 5.60 Å². The SMILES string of the molecule is O=C(NCC1(O)CCSC1)c1cc2c(s1)-c1ccccc1CC2. The Morgan fingerprint density at radius 2 is 2.09 bits per heavy atom. The third-order valence-corrected chi connectivity index (χ3v) is 7.06. The molecular weight excluding hydrogens is 326 g/mol. The maximum Gasteiger partial charge on any atom is 0.261 e. The van der Waals surface area contributed by atoms with Gasteiger partial charge >= 0.3 is 0 Å². The second-order valence-electron chi connectivity index (χ2n) is 6.33. The fourth-order valence-electron chi connectivity index (χ4n) is 3.25. The molecule has 2 N–H and O–H groups in total. The summed E-state index contributed by atoms with van der Waals surface area (Å²) >= 11 is 3.31. The van der Waals surface area contributed by atoms with Gasteiger partial charge in [-0.2, -0.15) is 11.8 Å². The van der Waals surface area contributed by atoms with Crippen molar-refractivity contribution in [3.63, 3.8) is 0 Å². The number of carbonyl (C=O) groups excluding carboxylic acids is 1. The zero-order valence-electron chi connectivity index (χ0n) is 12.8. The maximum atomic E-state index is 12.5. The van der Waals surface area contributed by atoms with Crippen LogP contribution in [0.25, 0.3) is 10.4 Å². The van der Waals surface area contributed by atoms with Crippen molar-refractivity contribution in [1.82, 2.24) is 5.32 Å². The number of aliphatic hydroxyl groups is 1. The molecule has 1 aromatic heterocycles. The largest absolute Gasteiger partial charge is 0.387 e. The van der Waals surface area contributed by atoms with Crippen LogP contribution in [0.2, 0.25) is 0 Å². The number of thiophene rings is 1. The molecule has 0 saturated carbocycles. The molecule has 1 aromatic carbocycles. The minimum Gasteiger partial charge on any atom is -0.387 e. The first-order valence-electron chi connectivity index (χ1n) is 7.94. The summed E-state index contributed by atoms with van der Waals surface area (Å²) in [5.74, 6) is 1.62. The van der Waals surface area contributed by atoms with Crippen molar-refractivity contribution in [3.8, 4) is 10.4 Å². The molecule has 2 aliphatic rings. The Balaban J connectivity index is 1.53. The highest BCUT2D eigenvalue weighted by Crippen LogP contribution is 2.39. The van der Waals surface area contributed by atoms with Crippen molar-refractivity contribution in [3.05, 3.63) is 46.3 Å². The van der Waals surface area contributed by atoms with Crippen molar-refractivity contribution in [2.75, 3.05) is 18.1 Å². The number of thioether (sulfide) groups is 1. The number of benzene rings is 1. The normalized spacial score (nSPS) is 22.5. The first kappa shape index (κ1) is 15.2. The van der Waals surface area contributed by atoms with Crippen LogP contribution in [0.15, 0.2) is 30.3 Å². The smallest absolute Gasteiger partial charge is 0.261 e. The lowest BCUT2D eigenvalue weighted by atomic mass is 9.91. The molecule has 1 fully saturated rings. The Morgan fingerprint density at radius 3 is 2.91 bits per heavy atom. The van der Waals surface area contributed by atoms with Crippen molar-refractivity contribution in [1.29, 1.82) is 0 Å². The van der Waals surface area contributed by atoms with E-state index in [0.717, 1.165) is 29.9 Å². The van der Waals surface area contributed by atoms with Crippen LogP contribution in [-0.2, 0) is 12.8 Å². The Hall–Kier alpha value is -1.30. The highest BCUT2D eigenvalue weighted by atomic mass is 32.2. The zero-order chi connectivity index (χ0) is 15.9. The molecule has 1 amide bonds. The third kappa shape index (κ3) is 2.93. The molecule has 2 aromatic rings. The molecule has 0 bridgehead atoms. The van der Waals surface area contributed by atoms with Gasteiger partial charge in [-0.3, -0.25) is 4.79 Å². The van der Waals surface area contributed by atoms with Crippen LogP contribution in [0.5, 0.6) is 0 Å². The quantitative estimate of drug-likeness (QED) is 0.899. The second-order valence-corrected chi connectivity index (χ2v) is 8.49. The summed E-state index contributed by atoms with van der Waals surface area (Å²) in [6.45, 7) is 0.345. The molecule has 23 heavy (non-hydrogen) atoms. The molecule has 4 rings (SSSR count). The molecule has 0 spiro atoms. The topological polar surface area (TPSA) is 49.3 Å². The molecule has 120 valence electrons. The molecule has 1 unspecified atom stereocenters. The second kappa shape index (κ2) is 5.96. The number of amides is 1. The van der Waals surface area contributed by atoms with Crippen LogP contribution in [0.3, 0.4) is 0 Å². The maximum absolute atomic E-state index is 12.5. The molecule has 5 heteroatoms. The number of carbonyl (C=O) groups is 1. The van der Waals surface area contributed by atoms with E-state index >= 15 is 0 Å². The van der Waals surface area contributed by atoms with Gasteiger partial charge < -0.3 is 10.4 Å². The average molecular weight is 345 g/mol. The Bertz CT molecular complexity index is 747. The number of rotatable bonds is 3. The van der Waals surface area contributed by atoms with Gasteiger partial charge in [0.2, 0.25) is 0 Å². The van der Waals surface area contributed by atoms with Gasteiger partial charge in [0, 0.05) is 17.2 Å². The lowest BCUT2D eigenvalue weighted by Gasteiger charge is -2.21. The minimum absolute atomic E-state index is 0.0628. The summed E-state index contributed by atoms with van der Waals surface area (Å²) in [7, 11) is 0. The van der Waals surface area contributed by atoms with Gasteiger partial charge in [0.1, 0.15) is 0 Å². The van der Waals surface area contributed by atoms with Crippen LogP contribution in [0, 0.1) is 0 Å². The summed E-state index contributed by atoms with van der Waals surface area (Å²) in [4.78, 5) is 14.4. The fourth-order valence-corrected chi connectivity index (χ4v) is 5.73. The van der Waals surface area contributed by atoms with Crippen LogP contribution < -0.4 is 5.32 Å². The van der Waals surface area contributed by atoms with Gasteiger partial charge in [-0.05, 0) is 47.8 Å². The zero-order valence-corrected chi connectivity index (χ0v) is 14.4. The lowest BCUT2D eigenvalue weighted by molar-refractivity contribution is 0.0614. The Kier molecular flexibility index (Phi) is 3.95. The van der Waals surface area contributed by atoms with Gasteiger partial charge in [0.05, 0.1) is 10.5 Å². The molecule has 3 nitrogen and oxygen atoms in total. The minimum atomic E-state index is -0.732. The van der Waals surface area contributed by atoms with E-state index in [1.807, 2.05) is 6.07 Å². The highest BCUT2D eigenvalue weighted by molar-refractivity contribution is 7.99. The van der Waals surface area contributed by atoms with E-state index in [2.05, 4.69) is 29.6 Å². The molecule has 1 saturated heterocycles. The monoisotopic (exact) mass is 345 g/mol. The van der Waals surface area contributed by atoms with E-state index in [9.17, 15) is 9.90 Å². The van der Waals surface area contributed by atoms with Crippen LogP contribution in [0.1, 0.15) is 27.2 Å². The van der Waals surface area contributed by atoms with Gasteiger partial charge in [-0.15, -0.1) is 11.3 Å². The molecule has 1 atom stereocenters. The molecule has 2 heterocycles. The van der Waals surface area contributed by atoms with Crippen LogP contribution >= 0.6 is 23.1 Å². The molecular formula is C18H19NO2S2. The summed E-state index contributed by atoms with van der Waals surface area (Å²) < 4.78 is 0. The molecule has 0 radical (unpaired) electrons. The third-order valence-electron chi connectivity index (χ3n) is 4.62. The van der Waals surface area contributed by atoms with E-state index in [1.54, 1.807) is 23.1 Å². The van der Waals surface area contributed by atoms with Gasteiger partial charge in [-0.25, -0.2) is 0 Å². The number of nitrogens with one attached hydrogen (secondary N) is 1. The Morgan fingerprint density at radius 1 is 1.26 bits per heavy atom. The number of hydrogen-bond donors (Lipinski definition) is 2. The first-order chi connectivity index (χ1) is 11.1. The molecule has 1 aliphatic heterocycles. The van der Waals surface area contributed by atoms with Gasteiger partial charge in [0.25, 0.3) is 5.91 Å². The first-order valence-corrected chi connectivity index (χ1v) is 9.91. The predicted octanol–water partition coefficient (Wildman–Crippen LogP) is 3.11.